The second-order valence-corrected chi connectivity index (χ2v) is 12.0. The van der Waals surface area contributed by atoms with E-state index in [2.05, 4.69) is 17.0 Å². The number of benzene rings is 3. The Morgan fingerprint density at radius 3 is 2.55 bits per heavy atom. The second-order valence-electron chi connectivity index (χ2n) is 10.5. The summed E-state index contributed by atoms with van der Waals surface area (Å²) in [5.74, 6) is 0.567. The van der Waals surface area contributed by atoms with Crippen LogP contribution in [0.2, 0.25) is 5.02 Å². The van der Waals surface area contributed by atoms with E-state index >= 15 is 0 Å². The molecule has 11 heteroatoms. The van der Waals surface area contributed by atoms with E-state index in [0.717, 1.165) is 59.8 Å². The van der Waals surface area contributed by atoms with Crippen LogP contribution < -0.4 is 4.90 Å². The number of esters is 1. The van der Waals surface area contributed by atoms with Crippen molar-refractivity contribution in [3.63, 3.8) is 0 Å². The molecule has 0 unspecified atom stereocenters. The maximum atomic E-state index is 12.6. The predicted molar refractivity (Wildman–Crippen MR) is 167 cm³/mol. The molecule has 3 aromatic carbocycles. The molecule has 1 aliphatic rings. The van der Waals surface area contributed by atoms with Gasteiger partial charge in [0, 0.05) is 48.7 Å². The first-order valence-corrected chi connectivity index (χ1v) is 14.9. The molecule has 1 aliphatic heterocycles. The number of ether oxygens (including phenoxy) is 1. The highest BCUT2D eigenvalue weighted by Crippen LogP contribution is 2.42. The zero-order valence-electron chi connectivity index (χ0n) is 23.7. The Morgan fingerprint density at radius 2 is 1.86 bits per heavy atom. The number of hydrogen-bond donors (Lipinski definition) is 1. The second kappa shape index (κ2) is 10.9. The van der Waals surface area contributed by atoms with Crippen molar-refractivity contribution >= 4 is 61.9 Å². The zero-order valence-corrected chi connectivity index (χ0v) is 25.3. The lowest BCUT2D eigenvalue weighted by atomic mass is 9.93. The molecule has 42 heavy (non-hydrogen) atoms. The molecule has 0 bridgehead atoms. The Labute approximate surface area is 251 Å². The van der Waals surface area contributed by atoms with Gasteiger partial charge >= 0.3 is 12.1 Å². The highest BCUT2D eigenvalue weighted by atomic mass is 35.5. The first-order chi connectivity index (χ1) is 20.1. The molecule has 0 saturated carbocycles. The van der Waals surface area contributed by atoms with Gasteiger partial charge in [-0.05, 0) is 66.9 Å². The van der Waals surface area contributed by atoms with Crippen LogP contribution in [-0.4, -0.2) is 69.6 Å². The number of carbonyl (C=O) groups excluding carboxylic acids is 1. The summed E-state index contributed by atoms with van der Waals surface area (Å²) in [6.45, 7) is 5.32. The third kappa shape index (κ3) is 4.94. The number of hydrogen-bond acceptors (Lipinski definition) is 7. The number of amides is 1. The largest absolute Gasteiger partial charge is 0.466 e. The summed E-state index contributed by atoms with van der Waals surface area (Å²) in [6, 6.07) is 15.8. The Morgan fingerprint density at radius 1 is 1.14 bits per heavy atom. The number of thiazole rings is 1. The van der Waals surface area contributed by atoms with Crippen LogP contribution in [-0.2, 0) is 23.0 Å². The number of rotatable bonds is 7. The molecule has 0 atom stereocenters. The van der Waals surface area contributed by atoms with Crippen molar-refractivity contribution in [2.24, 2.45) is 7.05 Å². The Kier molecular flexibility index (Phi) is 7.28. The molecule has 2 aromatic heterocycles. The van der Waals surface area contributed by atoms with E-state index in [-0.39, 0.29) is 18.4 Å². The molecular formula is C31H30ClN5O4S. The van der Waals surface area contributed by atoms with Gasteiger partial charge in [0.25, 0.3) is 0 Å². The van der Waals surface area contributed by atoms with Crippen molar-refractivity contribution in [1.29, 1.82) is 0 Å². The molecule has 3 heterocycles. The first kappa shape index (κ1) is 28.0. The average molecular weight is 604 g/mol. The summed E-state index contributed by atoms with van der Waals surface area (Å²) < 4.78 is 8.14. The number of likely N-dealkylation sites (N-methyl/N-ethyl adjacent to an activating group) is 1. The molecule has 1 saturated heterocycles. The van der Waals surface area contributed by atoms with Crippen molar-refractivity contribution in [3.8, 4) is 21.7 Å². The number of anilines is 1. The predicted octanol–water partition coefficient (Wildman–Crippen LogP) is 6.38. The van der Waals surface area contributed by atoms with E-state index in [1.165, 1.54) is 4.90 Å². The van der Waals surface area contributed by atoms with Gasteiger partial charge < -0.3 is 19.6 Å². The van der Waals surface area contributed by atoms with Crippen LogP contribution in [0.1, 0.15) is 18.1 Å². The quantitative estimate of drug-likeness (QED) is 0.215. The lowest BCUT2D eigenvalue weighted by Gasteiger charge is -2.43. The lowest BCUT2D eigenvalue weighted by Crippen LogP contribution is -2.59. The molecule has 9 nitrogen and oxygen atoms in total. The molecule has 1 N–H and O–H groups in total. The number of halogens is 1. The molecule has 1 amide bonds. The highest BCUT2D eigenvalue weighted by molar-refractivity contribution is 7.22. The topological polar surface area (TPSA) is 101 Å². The van der Waals surface area contributed by atoms with Gasteiger partial charge in [0.2, 0.25) is 0 Å². The van der Waals surface area contributed by atoms with Gasteiger partial charge in [-0.3, -0.25) is 9.48 Å². The summed E-state index contributed by atoms with van der Waals surface area (Å²) in [7, 11) is 3.51. The average Bonchev–Trinajstić information content (AvgIpc) is 3.49. The van der Waals surface area contributed by atoms with Crippen molar-refractivity contribution in [1.82, 2.24) is 19.7 Å². The van der Waals surface area contributed by atoms with E-state index in [4.69, 9.17) is 26.4 Å². The van der Waals surface area contributed by atoms with Crippen molar-refractivity contribution < 1.29 is 19.4 Å². The van der Waals surface area contributed by atoms with Crippen molar-refractivity contribution in [3.05, 3.63) is 64.7 Å². The molecule has 0 aliphatic carbocycles. The molecule has 6 rings (SSSR count). The third-order valence-corrected chi connectivity index (χ3v) is 9.25. The van der Waals surface area contributed by atoms with Crippen LogP contribution in [0.3, 0.4) is 0 Å². The van der Waals surface area contributed by atoms with E-state index in [1.54, 1.807) is 18.4 Å². The van der Waals surface area contributed by atoms with E-state index < -0.39 is 6.09 Å². The molecule has 5 aromatic rings. The van der Waals surface area contributed by atoms with Crippen LogP contribution >= 0.6 is 22.9 Å². The van der Waals surface area contributed by atoms with Crippen molar-refractivity contribution in [2.45, 2.75) is 26.3 Å². The summed E-state index contributed by atoms with van der Waals surface area (Å²) >= 11 is 7.80. The van der Waals surface area contributed by atoms with E-state index in [1.807, 2.05) is 62.0 Å². The molecule has 0 spiro atoms. The monoisotopic (exact) mass is 603 g/mol. The number of aryl methyl sites for hydroxylation is 2. The number of carbonyl (C=O) groups is 2. The summed E-state index contributed by atoms with van der Waals surface area (Å²) in [5.41, 5.74) is 6.63. The minimum absolute atomic E-state index is 0.0645. The fourth-order valence-corrected chi connectivity index (χ4v) is 6.77. The normalized spacial score (nSPS) is 13.5. The number of carboxylic acid groups (broad SMARTS) is 1. The van der Waals surface area contributed by atoms with Gasteiger partial charge in [0.15, 0.2) is 5.82 Å². The maximum Gasteiger partial charge on any atom is 0.407 e. The number of nitrogens with zero attached hydrogens (tertiary/aromatic N) is 5. The summed E-state index contributed by atoms with van der Waals surface area (Å²) in [4.78, 5) is 32.5. The highest BCUT2D eigenvalue weighted by Gasteiger charge is 2.35. The van der Waals surface area contributed by atoms with Crippen LogP contribution in [0, 0.1) is 6.92 Å². The minimum atomic E-state index is -0.928. The smallest absolute Gasteiger partial charge is 0.407 e. The van der Waals surface area contributed by atoms with E-state index in [0.29, 0.717) is 24.7 Å². The first-order valence-electron chi connectivity index (χ1n) is 13.7. The third-order valence-electron chi connectivity index (χ3n) is 7.86. The zero-order chi connectivity index (χ0) is 29.7. The Hall–Kier alpha value is -4.15. The Balaban J connectivity index is 1.44. The summed E-state index contributed by atoms with van der Waals surface area (Å²) in [5, 5.41) is 16.6. The summed E-state index contributed by atoms with van der Waals surface area (Å²) in [6.07, 6.45) is -0.762. The van der Waals surface area contributed by atoms with Crippen LogP contribution in [0.4, 0.5) is 10.6 Å². The lowest BCUT2D eigenvalue weighted by molar-refractivity contribution is -0.142. The van der Waals surface area contributed by atoms with E-state index in [9.17, 15) is 14.7 Å². The fourth-order valence-electron chi connectivity index (χ4n) is 5.51. The van der Waals surface area contributed by atoms with Gasteiger partial charge in [-0.1, -0.05) is 23.7 Å². The molecule has 216 valence electrons. The SMILES string of the molecule is CCOC(=O)Cc1c(C)cc2nc(-c3ccc4c(c3)c(N3CC(N(C)C(=O)O)C3)nn4C)sc2c1-c1ccc(Cl)cc1. The van der Waals surface area contributed by atoms with Gasteiger partial charge in [0.05, 0.1) is 34.8 Å². The minimum Gasteiger partial charge on any atom is -0.466 e. The van der Waals surface area contributed by atoms with Crippen LogP contribution in [0.25, 0.3) is 42.8 Å². The fraction of sp³-hybridized carbons (Fsp3) is 0.290. The molecule has 1 fully saturated rings. The van der Waals surface area contributed by atoms with Crippen LogP contribution in [0.5, 0.6) is 0 Å². The molecular weight excluding hydrogens is 574 g/mol. The standard InChI is InChI=1S/C31H30ClN5O4S/c1-5-41-26(38)14-22-17(2)12-24-28(27(22)18-6-9-20(32)10-7-18)42-30(33-24)19-8-11-25-23(13-19)29(34-36(25)4)37-15-21(16-37)35(3)31(39)40/h6-13,21H,5,14-16H2,1-4H3,(H,39,40). The number of aromatic nitrogens is 3. The maximum absolute atomic E-state index is 12.6. The number of fused-ring (bicyclic) bond motifs is 2. The Bertz CT molecular complexity index is 1840. The van der Waals surface area contributed by atoms with Gasteiger partial charge in [-0.2, -0.15) is 5.10 Å². The van der Waals surface area contributed by atoms with Crippen molar-refractivity contribution in [2.75, 3.05) is 31.6 Å². The molecule has 0 radical (unpaired) electrons. The van der Waals surface area contributed by atoms with Gasteiger partial charge in [0.1, 0.15) is 5.01 Å². The van der Waals surface area contributed by atoms with Gasteiger partial charge in [-0.25, -0.2) is 9.78 Å². The van der Waals surface area contributed by atoms with Crippen LogP contribution in [0.15, 0.2) is 48.5 Å². The van der Waals surface area contributed by atoms with Gasteiger partial charge in [-0.15, -0.1) is 11.3 Å².